The molecule has 1 aromatic heterocycles. The number of fused-ring (bicyclic) bond motifs is 1. The summed E-state index contributed by atoms with van der Waals surface area (Å²) in [6, 6.07) is 7.33. The third-order valence-electron chi connectivity index (χ3n) is 3.28. The second-order valence-electron chi connectivity index (χ2n) is 5.86. The molecule has 0 aliphatic heterocycles. The van der Waals surface area contributed by atoms with Gasteiger partial charge < -0.3 is 5.32 Å². The molecule has 2 rings (SSSR count). The van der Waals surface area contributed by atoms with Gasteiger partial charge in [-0.25, -0.2) is 4.98 Å². The topological polar surface area (TPSA) is 64.0 Å². The first-order chi connectivity index (χ1) is 11.0. The normalized spacial score (nSPS) is 11.1. The van der Waals surface area contributed by atoms with Gasteiger partial charge >= 0.3 is 0 Å². The first-order valence-corrected chi connectivity index (χ1v) is 8.90. The number of nitrogens with zero attached hydrogens (tertiary/aromatic N) is 2. The predicted molar refractivity (Wildman–Crippen MR) is 94.9 cm³/mol. The lowest BCUT2D eigenvalue weighted by Crippen LogP contribution is -2.28. The van der Waals surface area contributed by atoms with Crippen LogP contribution >= 0.6 is 11.8 Å². The van der Waals surface area contributed by atoms with Crippen LogP contribution in [0, 0.1) is 5.92 Å². The minimum Gasteiger partial charge on any atom is -0.355 e. The van der Waals surface area contributed by atoms with E-state index in [1.165, 1.54) is 11.8 Å². The fourth-order valence-electron chi connectivity index (χ4n) is 2.23. The van der Waals surface area contributed by atoms with Crippen LogP contribution in [0.1, 0.15) is 27.2 Å². The number of rotatable bonds is 7. The number of benzene rings is 1. The Morgan fingerprint density at radius 1 is 1.35 bits per heavy atom. The van der Waals surface area contributed by atoms with Crippen LogP contribution in [-0.2, 0) is 11.3 Å². The first-order valence-electron chi connectivity index (χ1n) is 7.92. The van der Waals surface area contributed by atoms with Gasteiger partial charge in [0, 0.05) is 13.1 Å². The lowest BCUT2D eigenvalue weighted by molar-refractivity contribution is -0.118. The van der Waals surface area contributed by atoms with Crippen molar-refractivity contribution in [1.29, 1.82) is 0 Å². The Morgan fingerprint density at radius 2 is 2.09 bits per heavy atom. The van der Waals surface area contributed by atoms with Crippen molar-refractivity contribution >= 4 is 28.6 Å². The number of thioether (sulfide) groups is 1. The molecule has 1 N–H and O–H groups in total. The monoisotopic (exact) mass is 333 g/mol. The molecular weight excluding hydrogens is 310 g/mol. The minimum atomic E-state index is -0.0410. The standard InChI is InChI=1S/C17H23N3O2S/c1-4-9-18-15(21)11-23-17-19-14-8-6-5-7-13(14)16(22)20(17)10-12(2)3/h5-8,12H,4,9-11H2,1-3H3,(H,18,21). The molecule has 0 aliphatic carbocycles. The van der Waals surface area contributed by atoms with E-state index in [1.54, 1.807) is 10.6 Å². The maximum Gasteiger partial charge on any atom is 0.262 e. The van der Waals surface area contributed by atoms with Crippen molar-refractivity contribution < 1.29 is 4.79 Å². The Balaban J connectivity index is 2.32. The highest BCUT2D eigenvalue weighted by Gasteiger charge is 2.13. The highest BCUT2D eigenvalue weighted by molar-refractivity contribution is 7.99. The minimum absolute atomic E-state index is 0.0321. The molecule has 1 amide bonds. The van der Waals surface area contributed by atoms with E-state index >= 15 is 0 Å². The number of nitrogens with one attached hydrogen (secondary N) is 1. The van der Waals surface area contributed by atoms with Gasteiger partial charge in [-0.2, -0.15) is 0 Å². The molecule has 1 heterocycles. The van der Waals surface area contributed by atoms with E-state index in [9.17, 15) is 9.59 Å². The molecule has 0 spiro atoms. The summed E-state index contributed by atoms with van der Waals surface area (Å²) in [5.74, 6) is 0.558. The molecule has 0 bridgehead atoms. The largest absolute Gasteiger partial charge is 0.355 e. The molecule has 0 atom stereocenters. The number of carbonyl (C=O) groups is 1. The summed E-state index contributed by atoms with van der Waals surface area (Å²) in [5, 5.41) is 4.06. The highest BCUT2D eigenvalue weighted by Crippen LogP contribution is 2.18. The molecule has 0 fully saturated rings. The van der Waals surface area contributed by atoms with E-state index in [0.717, 1.165) is 6.42 Å². The molecule has 1 aromatic carbocycles. The molecule has 0 radical (unpaired) electrons. The van der Waals surface area contributed by atoms with E-state index in [-0.39, 0.29) is 17.2 Å². The maximum atomic E-state index is 12.7. The van der Waals surface area contributed by atoms with Gasteiger partial charge in [-0.15, -0.1) is 0 Å². The van der Waals surface area contributed by atoms with Crippen LogP contribution in [-0.4, -0.2) is 27.8 Å². The van der Waals surface area contributed by atoms with E-state index in [1.807, 2.05) is 25.1 Å². The molecule has 0 unspecified atom stereocenters. The van der Waals surface area contributed by atoms with Gasteiger partial charge in [-0.05, 0) is 24.5 Å². The summed E-state index contributed by atoms with van der Waals surface area (Å²) in [4.78, 5) is 29.1. The quantitative estimate of drug-likeness (QED) is 0.625. The summed E-state index contributed by atoms with van der Waals surface area (Å²) >= 11 is 1.32. The molecular formula is C17H23N3O2S. The maximum absolute atomic E-state index is 12.7. The predicted octanol–water partition coefficient (Wildman–Crippen LogP) is 2.67. The zero-order valence-electron chi connectivity index (χ0n) is 13.8. The van der Waals surface area contributed by atoms with Gasteiger partial charge in [-0.1, -0.05) is 44.7 Å². The van der Waals surface area contributed by atoms with Crippen molar-refractivity contribution in [3.8, 4) is 0 Å². The van der Waals surface area contributed by atoms with Gasteiger partial charge in [0.1, 0.15) is 0 Å². The third kappa shape index (κ3) is 4.58. The van der Waals surface area contributed by atoms with Crippen molar-refractivity contribution in [1.82, 2.24) is 14.9 Å². The van der Waals surface area contributed by atoms with Crippen LogP contribution < -0.4 is 10.9 Å². The van der Waals surface area contributed by atoms with Crippen molar-refractivity contribution in [2.45, 2.75) is 38.9 Å². The molecule has 2 aromatic rings. The van der Waals surface area contributed by atoms with Crippen LogP contribution in [0.25, 0.3) is 10.9 Å². The molecule has 23 heavy (non-hydrogen) atoms. The smallest absolute Gasteiger partial charge is 0.262 e. The first kappa shape index (κ1) is 17.5. The zero-order valence-corrected chi connectivity index (χ0v) is 14.7. The van der Waals surface area contributed by atoms with Gasteiger partial charge in [0.05, 0.1) is 16.7 Å². The average Bonchev–Trinajstić information content (AvgIpc) is 2.53. The van der Waals surface area contributed by atoms with Crippen LogP contribution in [0.3, 0.4) is 0 Å². The fraction of sp³-hybridized carbons (Fsp3) is 0.471. The Hall–Kier alpha value is -1.82. The van der Waals surface area contributed by atoms with Gasteiger partial charge in [-0.3, -0.25) is 14.2 Å². The molecule has 124 valence electrons. The highest BCUT2D eigenvalue weighted by atomic mass is 32.2. The van der Waals surface area contributed by atoms with Crippen LogP contribution in [0.2, 0.25) is 0 Å². The van der Waals surface area contributed by atoms with Gasteiger partial charge in [0.25, 0.3) is 5.56 Å². The van der Waals surface area contributed by atoms with Crippen LogP contribution in [0.15, 0.2) is 34.2 Å². The summed E-state index contributed by atoms with van der Waals surface area (Å²) in [6.45, 7) is 7.39. The van der Waals surface area contributed by atoms with Crippen LogP contribution in [0.4, 0.5) is 0 Å². The molecule has 0 saturated heterocycles. The van der Waals surface area contributed by atoms with Crippen LogP contribution in [0.5, 0.6) is 0 Å². The second-order valence-corrected chi connectivity index (χ2v) is 6.80. The fourth-order valence-corrected chi connectivity index (χ4v) is 3.07. The molecule has 6 heteroatoms. The second kappa shape index (κ2) is 8.15. The number of amides is 1. The molecule has 5 nitrogen and oxygen atoms in total. The summed E-state index contributed by atoms with van der Waals surface area (Å²) in [6.07, 6.45) is 0.905. The van der Waals surface area contributed by atoms with Crippen molar-refractivity contribution in [2.75, 3.05) is 12.3 Å². The van der Waals surface area contributed by atoms with Gasteiger partial charge in [0.2, 0.25) is 5.91 Å². The van der Waals surface area contributed by atoms with Gasteiger partial charge in [0.15, 0.2) is 5.16 Å². The summed E-state index contributed by atoms with van der Waals surface area (Å²) < 4.78 is 1.69. The molecule has 0 aliphatic rings. The van der Waals surface area contributed by atoms with Crippen molar-refractivity contribution in [3.05, 3.63) is 34.6 Å². The van der Waals surface area contributed by atoms with E-state index in [2.05, 4.69) is 24.1 Å². The average molecular weight is 333 g/mol. The number of para-hydroxylation sites is 1. The number of carbonyl (C=O) groups excluding carboxylic acids is 1. The number of hydrogen-bond donors (Lipinski definition) is 1. The number of aromatic nitrogens is 2. The third-order valence-corrected chi connectivity index (χ3v) is 4.26. The Labute approximate surface area is 140 Å². The lowest BCUT2D eigenvalue weighted by Gasteiger charge is -2.14. The Bertz CT molecular complexity index is 740. The summed E-state index contributed by atoms with van der Waals surface area (Å²) in [5.41, 5.74) is 0.634. The van der Waals surface area contributed by atoms with E-state index < -0.39 is 0 Å². The summed E-state index contributed by atoms with van der Waals surface area (Å²) in [7, 11) is 0. The van der Waals surface area contributed by atoms with Crippen molar-refractivity contribution in [2.24, 2.45) is 5.92 Å². The van der Waals surface area contributed by atoms with Crippen molar-refractivity contribution in [3.63, 3.8) is 0 Å². The SMILES string of the molecule is CCCNC(=O)CSc1nc2ccccc2c(=O)n1CC(C)C. The lowest BCUT2D eigenvalue weighted by atomic mass is 10.2. The Morgan fingerprint density at radius 3 is 2.78 bits per heavy atom. The number of hydrogen-bond acceptors (Lipinski definition) is 4. The zero-order chi connectivity index (χ0) is 16.8. The van der Waals surface area contributed by atoms with E-state index in [4.69, 9.17) is 0 Å². The van der Waals surface area contributed by atoms with E-state index in [0.29, 0.717) is 35.1 Å². The Kier molecular flexibility index (Phi) is 6.21. The molecule has 0 saturated carbocycles.